The van der Waals surface area contributed by atoms with E-state index in [1.54, 1.807) is 21.3 Å². The molecular formula is C24H30N2O4. The number of hydrogen-bond donors (Lipinski definition) is 1. The summed E-state index contributed by atoms with van der Waals surface area (Å²) >= 11 is 0. The molecule has 0 saturated heterocycles. The second-order valence-electron chi connectivity index (χ2n) is 7.72. The van der Waals surface area contributed by atoms with Crippen molar-refractivity contribution in [1.82, 2.24) is 9.47 Å². The number of methoxy groups -OCH3 is 3. The molecule has 30 heavy (non-hydrogen) atoms. The molecule has 0 fully saturated rings. The van der Waals surface area contributed by atoms with Gasteiger partial charge in [-0.05, 0) is 59.9 Å². The molecule has 1 unspecified atom stereocenters. The first-order valence-corrected chi connectivity index (χ1v) is 9.96. The number of aromatic nitrogens is 1. The highest BCUT2D eigenvalue weighted by molar-refractivity contribution is 5.87. The molecule has 1 atom stereocenters. The van der Waals surface area contributed by atoms with Gasteiger partial charge in [0.05, 0.1) is 26.8 Å². The molecule has 2 aromatic carbocycles. The van der Waals surface area contributed by atoms with Crippen LogP contribution in [0.5, 0.6) is 17.2 Å². The third-order valence-electron chi connectivity index (χ3n) is 6.50. The van der Waals surface area contributed by atoms with E-state index in [9.17, 15) is 5.11 Å². The van der Waals surface area contributed by atoms with Crippen molar-refractivity contribution in [3.8, 4) is 17.2 Å². The van der Waals surface area contributed by atoms with Crippen molar-refractivity contribution in [2.45, 2.75) is 39.6 Å². The lowest BCUT2D eigenvalue weighted by Crippen LogP contribution is -2.39. The van der Waals surface area contributed by atoms with Crippen molar-refractivity contribution in [1.29, 1.82) is 0 Å². The molecule has 3 aromatic rings. The van der Waals surface area contributed by atoms with Gasteiger partial charge in [0, 0.05) is 30.2 Å². The van der Waals surface area contributed by atoms with E-state index < -0.39 is 0 Å². The Morgan fingerprint density at radius 3 is 2.50 bits per heavy atom. The fourth-order valence-corrected chi connectivity index (χ4v) is 5.05. The molecule has 0 spiro atoms. The summed E-state index contributed by atoms with van der Waals surface area (Å²) in [5, 5.41) is 11.2. The van der Waals surface area contributed by atoms with Crippen LogP contribution in [0.1, 0.15) is 35.9 Å². The molecule has 2 aliphatic rings. The van der Waals surface area contributed by atoms with Crippen LogP contribution < -0.4 is 14.2 Å². The average molecular weight is 411 g/mol. The molecule has 3 heterocycles. The number of nitrogens with zero attached hydrogens (tertiary/aromatic N) is 2. The van der Waals surface area contributed by atoms with Crippen LogP contribution >= 0.6 is 0 Å². The average Bonchev–Trinajstić information content (AvgIpc) is 3.08. The minimum absolute atomic E-state index is 0. The van der Waals surface area contributed by atoms with Crippen molar-refractivity contribution in [2.75, 3.05) is 27.9 Å². The van der Waals surface area contributed by atoms with Crippen LogP contribution in [0.3, 0.4) is 0 Å². The molecule has 160 valence electrons. The van der Waals surface area contributed by atoms with E-state index in [4.69, 9.17) is 14.2 Å². The molecule has 0 amide bonds. The fourth-order valence-electron chi connectivity index (χ4n) is 5.05. The Hall–Kier alpha value is -2.70. The smallest absolute Gasteiger partial charge is 0.161 e. The van der Waals surface area contributed by atoms with Crippen molar-refractivity contribution in [3.05, 3.63) is 52.7 Å². The van der Waals surface area contributed by atoms with Crippen molar-refractivity contribution < 1.29 is 19.3 Å². The van der Waals surface area contributed by atoms with E-state index in [0.717, 1.165) is 48.7 Å². The minimum atomic E-state index is -0.0156. The summed E-state index contributed by atoms with van der Waals surface area (Å²) in [4.78, 5) is 2.51. The molecule has 2 aliphatic heterocycles. The van der Waals surface area contributed by atoms with Crippen LogP contribution in [-0.4, -0.2) is 42.4 Å². The van der Waals surface area contributed by atoms with E-state index in [1.165, 1.54) is 27.8 Å². The first kappa shape index (κ1) is 20.6. The highest BCUT2D eigenvalue weighted by Crippen LogP contribution is 2.44. The van der Waals surface area contributed by atoms with Gasteiger partial charge in [-0.3, -0.25) is 4.90 Å². The van der Waals surface area contributed by atoms with Gasteiger partial charge < -0.3 is 23.9 Å². The van der Waals surface area contributed by atoms with Crippen LogP contribution in [0, 0.1) is 0 Å². The van der Waals surface area contributed by atoms with Gasteiger partial charge in [0.15, 0.2) is 11.5 Å². The Bertz CT molecular complexity index is 1090. The van der Waals surface area contributed by atoms with Gasteiger partial charge in [-0.1, -0.05) is 7.43 Å². The molecule has 0 radical (unpaired) electrons. The number of ether oxygens (including phenoxy) is 3. The number of fused-ring (bicyclic) bond motifs is 6. The van der Waals surface area contributed by atoms with Gasteiger partial charge in [-0.15, -0.1) is 0 Å². The molecule has 5 rings (SSSR count). The highest BCUT2D eigenvalue weighted by Gasteiger charge is 2.35. The SMILES string of the molecule is C.COc1ccc2c(c1)c1c(n2CO)CN2CCc3cc(OC)c(OC)cc3C2C1. The summed E-state index contributed by atoms with van der Waals surface area (Å²) in [7, 11) is 5.06. The molecule has 0 aliphatic carbocycles. The molecule has 1 N–H and O–H groups in total. The molecule has 6 heteroatoms. The van der Waals surface area contributed by atoms with E-state index in [1.807, 2.05) is 16.7 Å². The van der Waals surface area contributed by atoms with E-state index in [0.29, 0.717) is 0 Å². The van der Waals surface area contributed by atoms with Crippen LogP contribution in [-0.2, 0) is 26.1 Å². The maximum absolute atomic E-state index is 10.1. The zero-order valence-corrected chi connectivity index (χ0v) is 17.1. The van der Waals surface area contributed by atoms with Gasteiger partial charge >= 0.3 is 0 Å². The topological polar surface area (TPSA) is 56.1 Å². The Labute approximate surface area is 177 Å². The summed E-state index contributed by atoms with van der Waals surface area (Å²) in [5.74, 6) is 2.41. The van der Waals surface area contributed by atoms with Gasteiger partial charge in [-0.2, -0.15) is 0 Å². The quantitative estimate of drug-likeness (QED) is 0.707. The maximum Gasteiger partial charge on any atom is 0.161 e. The van der Waals surface area contributed by atoms with Gasteiger partial charge in [-0.25, -0.2) is 0 Å². The highest BCUT2D eigenvalue weighted by atomic mass is 16.5. The zero-order chi connectivity index (χ0) is 20.1. The number of aliphatic hydroxyl groups is 1. The molecule has 0 bridgehead atoms. The number of hydrogen-bond acceptors (Lipinski definition) is 5. The first-order chi connectivity index (χ1) is 14.2. The van der Waals surface area contributed by atoms with Gasteiger partial charge in [0.1, 0.15) is 12.5 Å². The Morgan fingerprint density at radius 1 is 1.03 bits per heavy atom. The van der Waals surface area contributed by atoms with Gasteiger partial charge in [0.2, 0.25) is 0 Å². The second kappa shape index (κ2) is 7.85. The zero-order valence-electron chi connectivity index (χ0n) is 17.1. The van der Waals surface area contributed by atoms with E-state index in [-0.39, 0.29) is 20.2 Å². The molecule has 0 saturated carbocycles. The number of benzene rings is 2. The molecule has 6 nitrogen and oxygen atoms in total. The molecule has 1 aromatic heterocycles. The Balaban J connectivity index is 0.00000218. The maximum atomic E-state index is 10.1. The van der Waals surface area contributed by atoms with E-state index in [2.05, 4.69) is 23.1 Å². The molecular weight excluding hydrogens is 380 g/mol. The summed E-state index contributed by atoms with van der Waals surface area (Å²) in [6.45, 7) is 1.80. The second-order valence-corrected chi connectivity index (χ2v) is 7.72. The van der Waals surface area contributed by atoms with Crippen molar-refractivity contribution in [3.63, 3.8) is 0 Å². The summed E-state index contributed by atoms with van der Waals surface area (Å²) in [6, 6.07) is 10.6. The lowest BCUT2D eigenvalue weighted by Gasteiger charge is -2.41. The predicted octanol–water partition coefficient (Wildman–Crippen LogP) is 3.91. The lowest BCUT2D eigenvalue weighted by atomic mass is 9.85. The minimum Gasteiger partial charge on any atom is -0.497 e. The Kier molecular flexibility index (Phi) is 5.38. The van der Waals surface area contributed by atoms with Crippen LogP contribution in [0.25, 0.3) is 10.9 Å². The number of aliphatic hydroxyl groups excluding tert-OH is 1. The van der Waals surface area contributed by atoms with Gasteiger partial charge in [0.25, 0.3) is 0 Å². The van der Waals surface area contributed by atoms with E-state index >= 15 is 0 Å². The predicted molar refractivity (Wildman–Crippen MR) is 118 cm³/mol. The normalized spacial score (nSPS) is 17.5. The third-order valence-corrected chi connectivity index (χ3v) is 6.50. The largest absolute Gasteiger partial charge is 0.497 e. The standard InChI is InChI=1S/C23H26N2O4.CH4/c1-27-15-4-5-19-17(9-15)18-10-20-16-11-23(29-3)22(28-2)8-14(16)6-7-24(20)12-21(18)25(19)13-26;/h4-5,8-9,11,20,26H,6-7,10,12-13H2,1-3H3;1H4. The summed E-state index contributed by atoms with van der Waals surface area (Å²) < 4.78 is 18.6. The van der Waals surface area contributed by atoms with Crippen LogP contribution in [0.4, 0.5) is 0 Å². The third kappa shape index (κ3) is 2.94. The number of rotatable bonds is 4. The van der Waals surface area contributed by atoms with Crippen LogP contribution in [0.15, 0.2) is 30.3 Å². The summed E-state index contributed by atoms with van der Waals surface area (Å²) in [6.07, 6.45) is 1.88. The Morgan fingerprint density at radius 2 is 1.80 bits per heavy atom. The fraction of sp³-hybridized carbons (Fsp3) is 0.417. The van der Waals surface area contributed by atoms with Crippen molar-refractivity contribution >= 4 is 10.9 Å². The van der Waals surface area contributed by atoms with Crippen molar-refractivity contribution in [2.24, 2.45) is 0 Å². The lowest BCUT2D eigenvalue weighted by molar-refractivity contribution is 0.145. The monoisotopic (exact) mass is 410 g/mol. The first-order valence-electron chi connectivity index (χ1n) is 9.96. The summed E-state index contributed by atoms with van der Waals surface area (Å²) in [5.41, 5.74) is 6.21. The van der Waals surface area contributed by atoms with Crippen LogP contribution in [0.2, 0.25) is 0 Å².